The smallest absolute Gasteiger partial charge is 0.325 e. The first-order valence-electron chi connectivity index (χ1n) is 27.2. The summed E-state index contributed by atoms with van der Waals surface area (Å²) in [6.45, 7) is 18.7. The number of ether oxygens (including phenoxy) is 7. The van der Waals surface area contributed by atoms with Crippen LogP contribution in [0.2, 0.25) is 0 Å². The summed E-state index contributed by atoms with van der Waals surface area (Å²) in [5, 5.41) is 63.6. The molecule has 0 spiro atoms. The summed E-state index contributed by atoms with van der Waals surface area (Å²) >= 11 is 0. The van der Waals surface area contributed by atoms with Gasteiger partial charge in [0.25, 0.3) is 11.8 Å². The quantitative estimate of drug-likeness (QED) is 0.0608. The van der Waals surface area contributed by atoms with Crippen molar-refractivity contribution in [3.63, 3.8) is 0 Å². The van der Waals surface area contributed by atoms with Gasteiger partial charge in [-0.2, -0.15) is 0 Å². The van der Waals surface area contributed by atoms with Gasteiger partial charge in [-0.15, -0.1) is 0 Å². The minimum absolute atomic E-state index is 0.0241. The lowest BCUT2D eigenvalue weighted by molar-refractivity contribution is -0.369. The molecular weight excluding hydrogens is 995 g/mol. The minimum Gasteiger partial charge on any atom is -0.465 e. The van der Waals surface area contributed by atoms with Gasteiger partial charge in [0.2, 0.25) is 5.91 Å². The first-order chi connectivity index (χ1) is 35.6. The molecule has 0 aromatic rings. The van der Waals surface area contributed by atoms with Crippen molar-refractivity contribution in [1.82, 2.24) is 16.0 Å². The molecule has 428 valence electrons. The molecule has 0 aromatic heterocycles. The number of ketones is 1. The molecule has 2 heterocycles. The Bertz CT molecular complexity index is 2260. The fourth-order valence-corrected chi connectivity index (χ4v) is 14.9. The molecule has 4 saturated carbocycles. The highest BCUT2D eigenvalue weighted by Gasteiger charge is 2.71. The molecule has 0 radical (unpaired) electrons. The lowest BCUT2D eigenvalue weighted by atomic mass is 9.33. The van der Waals surface area contributed by atoms with Crippen LogP contribution in [0, 0.1) is 50.2 Å². The van der Waals surface area contributed by atoms with Crippen LogP contribution >= 0.6 is 0 Å². The molecule has 2 aliphatic heterocycles. The monoisotopic (exact) mass is 1080 g/mol. The highest BCUT2D eigenvalue weighted by atomic mass is 16.8. The summed E-state index contributed by atoms with van der Waals surface area (Å²) in [7, 11) is 0. The van der Waals surface area contributed by atoms with Crippen LogP contribution in [0.4, 0.5) is 0 Å². The zero-order chi connectivity index (χ0) is 56.1. The summed E-state index contributed by atoms with van der Waals surface area (Å²) in [4.78, 5) is 92.4. The molecule has 2 saturated heterocycles. The van der Waals surface area contributed by atoms with E-state index in [1.807, 2.05) is 26.8 Å². The molecular formula is C54H83N3O19. The van der Waals surface area contributed by atoms with Gasteiger partial charge in [0.05, 0.1) is 25.9 Å². The van der Waals surface area contributed by atoms with Gasteiger partial charge in [0.15, 0.2) is 30.6 Å². The van der Waals surface area contributed by atoms with E-state index >= 15 is 4.79 Å². The van der Waals surface area contributed by atoms with Gasteiger partial charge in [-0.05, 0) is 124 Å². The van der Waals surface area contributed by atoms with Crippen molar-refractivity contribution in [3.05, 3.63) is 11.6 Å². The zero-order valence-corrected chi connectivity index (χ0v) is 45.7. The average molecular weight is 1080 g/mol. The van der Waals surface area contributed by atoms with Gasteiger partial charge in [0, 0.05) is 11.3 Å². The predicted octanol–water partition coefficient (Wildman–Crippen LogP) is 1.03. The first kappa shape index (κ1) is 59.5. The Labute approximate surface area is 444 Å². The third kappa shape index (κ3) is 10.7. The molecule has 8 N–H and O–H groups in total. The van der Waals surface area contributed by atoms with Crippen molar-refractivity contribution in [2.24, 2.45) is 50.2 Å². The number of hydrogen-bond acceptors (Lipinski definition) is 19. The molecule has 76 heavy (non-hydrogen) atoms. The van der Waals surface area contributed by atoms with Gasteiger partial charge in [-0.25, -0.2) is 0 Å². The van der Waals surface area contributed by atoms with Crippen molar-refractivity contribution < 1.29 is 92.3 Å². The molecule has 6 fully saturated rings. The molecule has 0 aromatic carbocycles. The Kier molecular flexibility index (Phi) is 17.7. The minimum atomic E-state index is -2.07. The highest BCUT2D eigenvalue weighted by Crippen LogP contribution is 2.75. The molecule has 7 aliphatic rings. The fourth-order valence-electron chi connectivity index (χ4n) is 14.9. The van der Waals surface area contributed by atoms with E-state index in [2.05, 4.69) is 43.6 Å². The summed E-state index contributed by atoms with van der Waals surface area (Å²) in [5.41, 5.74) is -2.00. The molecule has 0 bridgehead atoms. The van der Waals surface area contributed by atoms with E-state index in [-0.39, 0.29) is 55.3 Å². The number of amides is 3. The number of esters is 3. The molecule has 7 rings (SSSR count). The topological polar surface area (TPSA) is 321 Å². The van der Waals surface area contributed by atoms with Crippen LogP contribution in [0.5, 0.6) is 0 Å². The second-order valence-corrected chi connectivity index (χ2v) is 24.2. The maximum Gasteiger partial charge on any atom is 0.325 e. The van der Waals surface area contributed by atoms with Crippen LogP contribution in [-0.2, 0) is 66.7 Å². The van der Waals surface area contributed by atoms with Gasteiger partial charge in [-0.1, -0.05) is 54.0 Å². The largest absolute Gasteiger partial charge is 0.465 e. The summed E-state index contributed by atoms with van der Waals surface area (Å²) < 4.78 is 39.6. The van der Waals surface area contributed by atoms with E-state index in [0.29, 0.717) is 38.5 Å². The molecule has 22 heteroatoms. The zero-order valence-electron chi connectivity index (χ0n) is 45.7. The second kappa shape index (κ2) is 22.5. The number of aliphatic hydroxyl groups excluding tert-OH is 5. The van der Waals surface area contributed by atoms with Crippen LogP contribution in [0.25, 0.3) is 0 Å². The Hall–Kier alpha value is -4.13. The third-order valence-corrected chi connectivity index (χ3v) is 19.4. The number of fused-ring (bicyclic) bond motifs is 7. The highest BCUT2D eigenvalue weighted by molar-refractivity contribution is 5.96. The lowest BCUT2D eigenvalue weighted by Crippen LogP contribution is -2.68. The van der Waals surface area contributed by atoms with Crippen LogP contribution in [-0.4, -0.2) is 174 Å². The first-order valence-corrected chi connectivity index (χ1v) is 27.2. The summed E-state index contributed by atoms with van der Waals surface area (Å²) in [6.07, 6.45) is -12.4. The number of hydrogen-bond donors (Lipinski definition) is 8. The maximum absolute atomic E-state index is 15.3. The molecule has 19 atom stereocenters. The fraction of sp³-hybridized carbons (Fsp3) is 0.833. The maximum atomic E-state index is 15.3. The van der Waals surface area contributed by atoms with E-state index < -0.39 is 143 Å². The third-order valence-electron chi connectivity index (χ3n) is 19.4. The van der Waals surface area contributed by atoms with Crippen LogP contribution < -0.4 is 16.0 Å². The number of carbonyl (C=O) groups excluding carboxylic acids is 7. The number of rotatable bonds is 16. The van der Waals surface area contributed by atoms with E-state index in [1.54, 1.807) is 20.8 Å². The van der Waals surface area contributed by atoms with E-state index in [9.17, 15) is 54.3 Å². The Balaban J connectivity index is 1.15. The molecule has 22 nitrogen and oxygen atoms in total. The summed E-state index contributed by atoms with van der Waals surface area (Å²) in [6, 6.07) is 0. The van der Waals surface area contributed by atoms with Gasteiger partial charge >= 0.3 is 17.9 Å². The molecule has 3 amide bonds. The molecule has 14 unspecified atom stereocenters. The lowest BCUT2D eigenvalue weighted by Gasteiger charge is -2.70. The van der Waals surface area contributed by atoms with Crippen LogP contribution in [0.3, 0.4) is 0 Å². The predicted molar refractivity (Wildman–Crippen MR) is 265 cm³/mol. The summed E-state index contributed by atoms with van der Waals surface area (Å²) in [5.74, 6) is -4.91. The Morgan fingerprint density at radius 1 is 0.618 bits per heavy atom. The van der Waals surface area contributed by atoms with Crippen molar-refractivity contribution in [2.45, 2.75) is 195 Å². The standard InChI is InChI=1S/C54H83N3O19/c1-11-70-32(59)24-55-44(67)40-36(63)35(62)39(66)46(74-40)76-42-38(65)37(64)41(45(68)56-25-33(60)71-12-2)75-47(42)73-31-15-16-52(8)30(49(31,4)5)14-17-54(10)43(52)29(58)22-27-28-23-51(7,48(69)57-26-34(61)72-13-3)19-18-50(28,6)20-21-53(27,54)9/h22,28,30-31,35-43,46-47,62-66H,11-21,23-26H2,1-10H3,(H,55,67)(H,56,68)(H,57,69)/t28?,30?,31?,35?,36?,37?,38?,39?,40?,41?,42?,43?,46?,47?,50-,51+,52+,53-,54-/m1/s1. The van der Waals surface area contributed by atoms with E-state index in [4.69, 9.17) is 33.2 Å². The average Bonchev–Trinajstić information content (AvgIpc) is 3.40. The van der Waals surface area contributed by atoms with Crippen molar-refractivity contribution in [2.75, 3.05) is 39.5 Å². The number of carbonyl (C=O) groups is 7. The number of aliphatic hydroxyl groups is 5. The van der Waals surface area contributed by atoms with Crippen molar-refractivity contribution in [1.29, 1.82) is 0 Å². The molecule has 5 aliphatic carbocycles. The second-order valence-electron chi connectivity index (χ2n) is 24.2. The van der Waals surface area contributed by atoms with Crippen LogP contribution in [0.15, 0.2) is 11.6 Å². The van der Waals surface area contributed by atoms with E-state index in [0.717, 1.165) is 24.8 Å². The Morgan fingerprint density at radius 2 is 1.14 bits per heavy atom. The SMILES string of the molecule is CCOC(=O)CNC(=O)C1OC(OC2C(OC3CC[C@@]4(C)C(CC[C@]5(C)C4C(=O)C=C4C6C[C@@](C)(C(=O)NCC(=O)OCC)CC[C@]6(C)CC[C@]45C)C3(C)C)OC(C(=O)NCC(=O)OCC)C(O)C2O)C(O)C(O)C1O. The van der Waals surface area contributed by atoms with Crippen LogP contribution in [0.1, 0.15) is 127 Å². The normalized spacial score (nSPS) is 42.5. The van der Waals surface area contributed by atoms with Crippen molar-refractivity contribution in [3.8, 4) is 0 Å². The van der Waals surface area contributed by atoms with Gasteiger partial charge in [0.1, 0.15) is 56.3 Å². The van der Waals surface area contributed by atoms with Crippen molar-refractivity contribution >= 4 is 41.4 Å². The van der Waals surface area contributed by atoms with E-state index in [1.165, 1.54) is 0 Å². The number of allylic oxidation sites excluding steroid dienone is 2. The van der Waals surface area contributed by atoms with Gasteiger partial charge in [-0.3, -0.25) is 33.6 Å². The van der Waals surface area contributed by atoms with Gasteiger partial charge < -0.3 is 74.6 Å². The Morgan fingerprint density at radius 3 is 1.71 bits per heavy atom. The number of nitrogens with one attached hydrogen (secondary N) is 3.